The first-order valence-corrected chi connectivity index (χ1v) is 10.2. The van der Waals surface area contributed by atoms with Crippen LogP contribution in [0.25, 0.3) is 0 Å². The highest BCUT2D eigenvalue weighted by molar-refractivity contribution is 7.99. The van der Waals surface area contributed by atoms with Crippen molar-refractivity contribution in [1.29, 1.82) is 0 Å². The van der Waals surface area contributed by atoms with Gasteiger partial charge in [-0.2, -0.15) is 0 Å². The zero-order valence-electron chi connectivity index (χ0n) is 12.9. The third kappa shape index (κ3) is 3.85. The standard InChI is InChI=1S/C18H19NO2S2/c1-23(21)12-16(13-7-3-2-4-8-13)19-18(20)15-11-22-17-10-6-5-9-14(15)17/h2-10,15-16H,11-12H2,1H3,(H,19,20)/t15-,16+,23-/m1/s1. The van der Waals surface area contributed by atoms with Crippen molar-refractivity contribution in [3.63, 3.8) is 0 Å². The zero-order chi connectivity index (χ0) is 16.2. The second kappa shape index (κ2) is 7.32. The molecule has 2 aromatic carbocycles. The van der Waals surface area contributed by atoms with Crippen LogP contribution in [0.4, 0.5) is 0 Å². The van der Waals surface area contributed by atoms with Crippen LogP contribution in [-0.2, 0) is 15.6 Å². The molecule has 0 saturated heterocycles. The van der Waals surface area contributed by atoms with Crippen LogP contribution >= 0.6 is 11.8 Å². The molecule has 2 aromatic rings. The Bertz CT molecular complexity index is 718. The first kappa shape index (κ1) is 16.3. The molecule has 0 fully saturated rings. The molecular formula is C18H19NO2S2. The van der Waals surface area contributed by atoms with Gasteiger partial charge >= 0.3 is 0 Å². The Balaban J connectivity index is 1.78. The number of rotatable bonds is 5. The van der Waals surface area contributed by atoms with Crippen molar-refractivity contribution >= 4 is 28.5 Å². The molecule has 0 radical (unpaired) electrons. The van der Waals surface area contributed by atoms with Crippen molar-refractivity contribution in [1.82, 2.24) is 5.32 Å². The van der Waals surface area contributed by atoms with Gasteiger partial charge in [0.25, 0.3) is 0 Å². The third-order valence-corrected chi connectivity index (χ3v) is 5.92. The molecule has 0 bridgehead atoms. The van der Waals surface area contributed by atoms with Gasteiger partial charge in [-0.05, 0) is 17.2 Å². The number of nitrogens with one attached hydrogen (secondary N) is 1. The van der Waals surface area contributed by atoms with E-state index in [0.717, 1.165) is 16.9 Å². The molecule has 0 aliphatic carbocycles. The van der Waals surface area contributed by atoms with E-state index in [2.05, 4.69) is 11.4 Å². The van der Waals surface area contributed by atoms with E-state index in [9.17, 15) is 9.00 Å². The van der Waals surface area contributed by atoms with Gasteiger partial charge in [0, 0.05) is 33.5 Å². The van der Waals surface area contributed by atoms with Gasteiger partial charge in [0.2, 0.25) is 5.91 Å². The van der Waals surface area contributed by atoms with Gasteiger partial charge in [-0.3, -0.25) is 9.00 Å². The Labute approximate surface area is 143 Å². The van der Waals surface area contributed by atoms with Crippen molar-refractivity contribution < 1.29 is 9.00 Å². The molecule has 1 aliphatic heterocycles. The fourth-order valence-electron chi connectivity index (χ4n) is 2.79. The fraction of sp³-hybridized carbons (Fsp3) is 0.278. The Morgan fingerprint density at radius 3 is 2.65 bits per heavy atom. The first-order chi connectivity index (χ1) is 11.1. The summed E-state index contributed by atoms with van der Waals surface area (Å²) in [7, 11) is -0.979. The lowest BCUT2D eigenvalue weighted by Crippen LogP contribution is -2.35. The van der Waals surface area contributed by atoms with Crippen molar-refractivity contribution in [2.75, 3.05) is 17.8 Å². The van der Waals surface area contributed by atoms with Crippen molar-refractivity contribution in [2.45, 2.75) is 16.9 Å². The van der Waals surface area contributed by atoms with Crippen LogP contribution in [0.5, 0.6) is 0 Å². The summed E-state index contributed by atoms with van der Waals surface area (Å²) in [5.74, 6) is 1.08. The second-order valence-electron chi connectivity index (χ2n) is 5.61. The maximum atomic E-state index is 12.7. The molecule has 1 aliphatic rings. The summed E-state index contributed by atoms with van der Waals surface area (Å²) in [6.45, 7) is 0. The van der Waals surface area contributed by atoms with Crippen LogP contribution < -0.4 is 5.32 Å². The Morgan fingerprint density at radius 2 is 1.91 bits per heavy atom. The maximum absolute atomic E-state index is 12.7. The van der Waals surface area contributed by atoms with Crippen molar-refractivity contribution in [3.05, 3.63) is 65.7 Å². The van der Waals surface area contributed by atoms with Gasteiger partial charge in [0.05, 0.1) is 12.0 Å². The number of thioether (sulfide) groups is 1. The lowest BCUT2D eigenvalue weighted by Gasteiger charge is -2.20. The van der Waals surface area contributed by atoms with E-state index in [0.29, 0.717) is 5.75 Å². The summed E-state index contributed by atoms with van der Waals surface area (Å²) in [6, 6.07) is 17.6. The number of hydrogen-bond donors (Lipinski definition) is 1. The van der Waals surface area contributed by atoms with Gasteiger partial charge in [-0.1, -0.05) is 48.5 Å². The van der Waals surface area contributed by atoms with Crippen LogP contribution in [0.2, 0.25) is 0 Å². The zero-order valence-corrected chi connectivity index (χ0v) is 14.5. The molecular weight excluding hydrogens is 326 g/mol. The minimum Gasteiger partial charge on any atom is -0.348 e. The minimum absolute atomic E-state index is 0.0155. The highest BCUT2D eigenvalue weighted by Crippen LogP contribution is 2.39. The van der Waals surface area contributed by atoms with Crippen LogP contribution in [0.3, 0.4) is 0 Å². The Hall–Kier alpha value is -1.59. The van der Waals surface area contributed by atoms with Gasteiger partial charge in [-0.25, -0.2) is 0 Å². The summed E-state index contributed by atoms with van der Waals surface area (Å²) in [6.07, 6.45) is 1.67. The fourth-order valence-corrected chi connectivity index (χ4v) is 4.77. The largest absolute Gasteiger partial charge is 0.348 e. The summed E-state index contributed by atoms with van der Waals surface area (Å²) < 4.78 is 11.7. The normalized spacial score (nSPS) is 18.9. The van der Waals surface area contributed by atoms with E-state index in [1.54, 1.807) is 18.0 Å². The number of carbonyl (C=O) groups excluding carboxylic acids is 1. The minimum atomic E-state index is -0.979. The molecule has 0 aromatic heterocycles. The molecule has 23 heavy (non-hydrogen) atoms. The Morgan fingerprint density at radius 1 is 1.22 bits per heavy atom. The lowest BCUT2D eigenvalue weighted by atomic mass is 9.99. The quantitative estimate of drug-likeness (QED) is 0.906. The second-order valence-corrected chi connectivity index (χ2v) is 8.15. The lowest BCUT2D eigenvalue weighted by molar-refractivity contribution is -0.122. The Kier molecular flexibility index (Phi) is 5.18. The topological polar surface area (TPSA) is 46.2 Å². The van der Waals surface area contributed by atoms with E-state index in [1.807, 2.05) is 48.5 Å². The van der Waals surface area contributed by atoms with E-state index in [-0.39, 0.29) is 17.9 Å². The summed E-state index contributed by atoms with van der Waals surface area (Å²) >= 11 is 1.72. The number of hydrogen-bond acceptors (Lipinski definition) is 3. The average Bonchev–Trinajstić information content (AvgIpc) is 2.99. The monoisotopic (exact) mass is 345 g/mol. The van der Waals surface area contributed by atoms with E-state index < -0.39 is 10.8 Å². The van der Waals surface area contributed by atoms with Gasteiger partial charge in [0.15, 0.2) is 0 Å². The smallest absolute Gasteiger partial charge is 0.228 e. The molecule has 0 spiro atoms. The average molecular weight is 345 g/mol. The summed E-state index contributed by atoms with van der Waals surface area (Å²) in [4.78, 5) is 13.9. The summed E-state index contributed by atoms with van der Waals surface area (Å²) in [5, 5.41) is 3.10. The van der Waals surface area contributed by atoms with E-state index >= 15 is 0 Å². The van der Waals surface area contributed by atoms with Crippen LogP contribution in [0, 0.1) is 0 Å². The van der Waals surface area contributed by atoms with Crippen LogP contribution in [0.1, 0.15) is 23.1 Å². The molecule has 3 rings (SSSR count). The maximum Gasteiger partial charge on any atom is 0.228 e. The highest BCUT2D eigenvalue weighted by atomic mass is 32.2. The molecule has 1 amide bonds. The number of benzene rings is 2. The van der Waals surface area contributed by atoms with E-state index in [1.165, 1.54) is 4.90 Å². The molecule has 120 valence electrons. The van der Waals surface area contributed by atoms with Gasteiger partial charge in [0.1, 0.15) is 0 Å². The molecule has 5 heteroatoms. The molecule has 3 atom stereocenters. The molecule has 1 N–H and O–H groups in total. The van der Waals surface area contributed by atoms with Crippen molar-refractivity contribution in [3.8, 4) is 0 Å². The predicted molar refractivity (Wildman–Crippen MR) is 96.2 cm³/mol. The number of amides is 1. The number of fused-ring (bicyclic) bond motifs is 1. The number of carbonyl (C=O) groups is 1. The van der Waals surface area contributed by atoms with Crippen molar-refractivity contribution in [2.24, 2.45) is 0 Å². The molecule has 1 heterocycles. The molecule has 0 saturated carbocycles. The van der Waals surface area contributed by atoms with Crippen LogP contribution in [0.15, 0.2) is 59.5 Å². The molecule has 0 unspecified atom stereocenters. The van der Waals surface area contributed by atoms with Gasteiger partial charge in [-0.15, -0.1) is 11.8 Å². The summed E-state index contributed by atoms with van der Waals surface area (Å²) in [5.41, 5.74) is 2.09. The third-order valence-electron chi connectivity index (χ3n) is 3.94. The predicted octanol–water partition coefficient (Wildman–Crippen LogP) is 3.11. The first-order valence-electron chi connectivity index (χ1n) is 7.52. The highest BCUT2D eigenvalue weighted by Gasteiger charge is 2.30. The SMILES string of the molecule is C[S@@](=O)C[C@H](NC(=O)[C@@H]1CSc2ccccc21)c1ccccc1. The van der Waals surface area contributed by atoms with E-state index in [4.69, 9.17) is 0 Å². The molecule has 3 nitrogen and oxygen atoms in total. The van der Waals surface area contributed by atoms with Gasteiger partial charge < -0.3 is 5.32 Å². The van der Waals surface area contributed by atoms with Crippen LogP contribution in [-0.4, -0.2) is 27.9 Å².